The Morgan fingerprint density at radius 1 is 0.714 bits per heavy atom. The van der Waals surface area contributed by atoms with E-state index < -0.39 is 0 Å². The first-order valence-electron chi connectivity index (χ1n) is 15.0. The summed E-state index contributed by atoms with van der Waals surface area (Å²) in [5, 5.41) is 0. The third-order valence-corrected chi connectivity index (χ3v) is 15.6. The third-order valence-electron chi connectivity index (χ3n) is 7.76. The molecule has 0 radical (unpaired) electrons. The van der Waals surface area contributed by atoms with Crippen molar-refractivity contribution in [1.29, 1.82) is 0 Å². The third kappa shape index (κ3) is 8.72. The molecule has 0 saturated carbocycles. The van der Waals surface area contributed by atoms with Crippen molar-refractivity contribution in [2.75, 3.05) is 13.1 Å². The average Bonchev–Trinajstić information content (AvgIpc) is 3.75. The van der Waals surface area contributed by atoms with Crippen molar-refractivity contribution < 1.29 is 9.59 Å². The summed E-state index contributed by atoms with van der Waals surface area (Å²) < 4.78 is 6.49. The van der Waals surface area contributed by atoms with Gasteiger partial charge in [0.05, 0.1) is 0 Å². The summed E-state index contributed by atoms with van der Waals surface area (Å²) in [6.45, 7) is 10.3. The van der Waals surface area contributed by atoms with E-state index in [1.54, 1.807) is 0 Å². The van der Waals surface area contributed by atoms with Gasteiger partial charge in [0.2, 0.25) is 0 Å². The molecular weight excluding hydrogens is 731 g/mol. The van der Waals surface area contributed by atoms with Crippen LogP contribution in [-0.2, 0) is 9.59 Å². The number of rotatable bonds is 15. The molecule has 2 aromatic rings. The van der Waals surface area contributed by atoms with Crippen LogP contribution in [0.25, 0.3) is 21.0 Å². The Balaban J connectivity index is 1.41. The number of hydrogen-bond donors (Lipinski definition) is 0. The van der Waals surface area contributed by atoms with E-state index in [-0.39, 0.29) is 40.8 Å². The van der Waals surface area contributed by atoms with Gasteiger partial charge in [0.25, 0.3) is 0 Å². The Labute approximate surface area is 282 Å². The predicted octanol–water partition coefficient (Wildman–Crippen LogP) is 8.30. The number of thioether (sulfide) groups is 2. The van der Waals surface area contributed by atoms with Crippen LogP contribution in [0.4, 0.5) is 0 Å². The topological polar surface area (TPSA) is 40.6 Å². The van der Waals surface area contributed by atoms with E-state index in [1.165, 1.54) is 67.0 Å². The Morgan fingerprint density at radius 3 is 1.48 bits per heavy atom. The molecule has 0 N–H and O–H groups in total. The van der Waals surface area contributed by atoms with Gasteiger partial charge in [0, 0.05) is 0 Å². The van der Waals surface area contributed by atoms with E-state index in [2.05, 4.69) is 64.1 Å². The minimum atomic E-state index is 0.0614. The molecule has 2 aliphatic rings. The summed E-state index contributed by atoms with van der Waals surface area (Å²) in [4.78, 5) is 31.6. The van der Waals surface area contributed by atoms with Crippen LogP contribution in [0.15, 0.2) is 34.1 Å². The van der Waals surface area contributed by atoms with Crippen LogP contribution in [0.1, 0.15) is 87.9 Å². The van der Waals surface area contributed by atoms with Crippen molar-refractivity contribution in [3.8, 4) is 8.87 Å². The number of amides is 2. The van der Waals surface area contributed by atoms with Crippen molar-refractivity contribution in [1.82, 2.24) is 9.80 Å². The quantitative estimate of drug-likeness (QED) is 0.103. The molecule has 0 aliphatic carbocycles. The van der Waals surface area contributed by atoms with Crippen LogP contribution in [0.2, 0.25) is 0 Å². The molecule has 2 atom stereocenters. The maximum absolute atomic E-state index is 13.2. The molecule has 226 valence electrons. The fraction of sp³-hybridized carbons (Fsp3) is 0.500. The fourth-order valence-corrected chi connectivity index (χ4v) is 12.5. The van der Waals surface area contributed by atoms with Gasteiger partial charge in [-0.2, -0.15) is 0 Å². The second-order valence-electron chi connectivity index (χ2n) is 10.8. The number of thiocarbonyl (C=S) groups is 2. The summed E-state index contributed by atoms with van der Waals surface area (Å²) in [6.07, 6.45) is 13.3. The maximum atomic E-state index is 13.2. The molecule has 2 saturated heterocycles. The summed E-state index contributed by atoms with van der Waals surface area (Å²) in [7, 11) is 0. The van der Waals surface area contributed by atoms with Crippen molar-refractivity contribution in [2.24, 2.45) is 11.8 Å². The second kappa shape index (κ2) is 16.6. The van der Waals surface area contributed by atoms with Gasteiger partial charge in [-0.15, -0.1) is 0 Å². The van der Waals surface area contributed by atoms with Crippen molar-refractivity contribution in [3.05, 3.63) is 43.0 Å². The van der Waals surface area contributed by atoms with Crippen molar-refractivity contribution in [2.45, 2.75) is 79.1 Å². The van der Waals surface area contributed by atoms with Crippen molar-refractivity contribution >= 4 is 110 Å². The van der Waals surface area contributed by atoms with E-state index in [0.717, 1.165) is 48.6 Å². The van der Waals surface area contributed by atoms with Crippen LogP contribution < -0.4 is 0 Å². The van der Waals surface area contributed by atoms with Gasteiger partial charge in [0.1, 0.15) is 0 Å². The van der Waals surface area contributed by atoms with E-state index in [1.807, 2.05) is 9.80 Å². The SMILES string of the molecule is CCCCC(CC)CN1C(=O)/C(=C/c2ccc(-c3ccc(/C=C4\SC(=S)N(CC(CC)CCCC)C4=O)[se]3)[se]2)SC1=S. The van der Waals surface area contributed by atoms with Crippen LogP contribution in [0, 0.1) is 11.8 Å². The number of unbranched alkanes of at least 4 members (excludes halogenated alkanes) is 2. The van der Waals surface area contributed by atoms with Crippen molar-refractivity contribution in [3.63, 3.8) is 0 Å². The van der Waals surface area contributed by atoms with Gasteiger partial charge < -0.3 is 0 Å². The van der Waals surface area contributed by atoms with Gasteiger partial charge in [0.15, 0.2) is 0 Å². The fourth-order valence-electron chi connectivity index (χ4n) is 5.05. The van der Waals surface area contributed by atoms with Crippen LogP contribution >= 0.6 is 48.0 Å². The van der Waals surface area contributed by atoms with Gasteiger partial charge >= 0.3 is 285 Å². The monoisotopic (exact) mass is 772 g/mol. The van der Waals surface area contributed by atoms with E-state index in [4.69, 9.17) is 24.4 Å². The summed E-state index contributed by atoms with van der Waals surface area (Å²) in [5.74, 6) is 1.12. The molecule has 4 nitrogen and oxygen atoms in total. The Bertz CT molecular complexity index is 1260. The van der Waals surface area contributed by atoms with Gasteiger partial charge in [-0.05, 0) is 0 Å². The van der Waals surface area contributed by atoms with Gasteiger partial charge in [-0.3, -0.25) is 0 Å². The molecule has 4 heterocycles. The predicted molar refractivity (Wildman–Crippen MR) is 192 cm³/mol. The molecule has 2 aliphatic heterocycles. The number of carbonyl (C=O) groups excluding carboxylic acids is 2. The molecule has 0 spiro atoms. The zero-order valence-corrected chi connectivity index (χ0v) is 31.5. The molecule has 10 heteroatoms. The zero-order valence-electron chi connectivity index (χ0n) is 24.9. The molecule has 2 aromatic heterocycles. The molecular formula is C32H40N2O2S4Se2. The number of hydrogen-bond acceptors (Lipinski definition) is 6. The first-order valence-corrected chi connectivity index (χ1v) is 20.9. The van der Waals surface area contributed by atoms with E-state index >= 15 is 0 Å². The zero-order chi connectivity index (χ0) is 30.2. The van der Waals surface area contributed by atoms with E-state index in [9.17, 15) is 9.59 Å². The van der Waals surface area contributed by atoms with E-state index in [0.29, 0.717) is 20.5 Å². The number of nitrogens with zero attached hydrogens (tertiary/aromatic N) is 2. The first-order chi connectivity index (χ1) is 20.3. The molecule has 2 unspecified atom stereocenters. The molecule has 0 bridgehead atoms. The van der Waals surface area contributed by atoms with Crippen LogP contribution in [0.3, 0.4) is 0 Å². The van der Waals surface area contributed by atoms with Gasteiger partial charge in [-0.1, -0.05) is 0 Å². The average molecular weight is 771 g/mol. The Hall–Kier alpha value is -0.701. The second-order valence-corrected chi connectivity index (χ2v) is 18.9. The summed E-state index contributed by atoms with van der Waals surface area (Å²) in [6, 6.07) is 8.71. The molecule has 2 fully saturated rings. The molecule has 42 heavy (non-hydrogen) atoms. The summed E-state index contributed by atoms with van der Waals surface area (Å²) >= 11 is 14.4. The van der Waals surface area contributed by atoms with Crippen LogP contribution in [-0.4, -0.2) is 72.4 Å². The molecule has 0 aromatic carbocycles. The van der Waals surface area contributed by atoms with Gasteiger partial charge in [-0.25, -0.2) is 0 Å². The normalized spacial score (nSPS) is 19.2. The Kier molecular flexibility index (Phi) is 13.5. The summed E-state index contributed by atoms with van der Waals surface area (Å²) in [5.41, 5.74) is 0. The molecule has 2 amide bonds. The van der Waals surface area contributed by atoms with Crippen LogP contribution in [0.5, 0.6) is 0 Å². The molecule has 4 rings (SSSR count). The standard InChI is InChI=1S/C32H40N2O2S4Se2/c1-5-9-11-21(7-3)19-33-29(35)25(39-31(33)37)17-23-13-15-27(41-23)28-16-14-24(42-28)18-26-30(36)34(32(38)40-26)20-22(8-4)12-10-6-2/h13-18,21-22H,5-12,19-20H2,1-4H3/b25-17-,26-18-. The minimum absolute atomic E-state index is 0.0614. The first kappa shape index (κ1) is 34.2. The number of carbonyl (C=O) groups is 2. The Morgan fingerprint density at radius 2 is 1.12 bits per heavy atom.